The average Bonchev–Trinajstić information content (AvgIpc) is 2.84. The molecule has 0 aliphatic carbocycles. The number of hydrogen-bond donors (Lipinski definition) is 1. The van der Waals surface area contributed by atoms with Crippen molar-refractivity contribution in [3.8, 4) is 0 Å². The first-order chi connectivity index (χ1) is 9.27. The Morgan fingerprint density at radius 3 is 2.63 bits per heavy atom. The van der Waals surface area contributed by atoms with E-state index < -0.39 is 6.03 Å². The highest BCUT2D eigenvalue weighted by Gasteiger charge is 2.17. The van der Waals surface area contributed by atoms with E-state index in [0.29, 0.717) is 5.82 Å². The number of carbonyl (C=O) groups is 1. The second-order valence-electron chi connectivity index (χ2n) is 4.06. The molecule has 2 aromatic heterocycles. The molecule has 2 heterocycles. The number of hydrogen-bond acceptors (Lipinski definition) is 2. The number of urea groups is 1. The lowest BCUT2D eigenvalue weighted by molar-refractivity contribution is 0.252. The van der Waals surface area contributed by atoms with Gasteiger partial charge >= 0.3 is 6.03 Å². The molecule has 5 heteroatoms. The molecule has 0 saturated heterocycles. The van der Waals surface area contributed by atoms with Crippen LogP contribution < -0.4 is 10.7 Å². The van der Waals surface area contributed by atoms with Gasteiger partial charge in [0, 0.05) is 17.8 Å². The van der Waals surface area contributed by atoms with E-state index in [2.05, 4.69) is 4.98 Å². The first-order valence-corrected chi connectivity index (χ1v) is 5.84. The minimum Gasteiger partial charge on any atom is -0.350 e. The Bertz CT molecular complexity index is 720. The molecular formula is C14H12N4O. The van der Waals surface area contributed by atoms with Gasteiger partial charge in [-0.05, 0) is 24.3 Å². The highest BCUT2D eigenvalue weighted by molar-refractivity contribution is 5.92. The van der Waals surface area contributed by atoms with Crippen LogP contribution in [0.4, 0.5) is 10.6 Å². The van der Waals surface area contributed by atoms with Crippen LogP contribution in [0.3, 0.4) is 0 Å². The molecule has 19 heavy (non-hydrogen) atoms. The summed E-state index contributed by atoms with van der Waals surface area (Å²) in [6.07, 6.45) is 3.42. The Hall–Kier alpha value is -2.82. The smallest absolute Gasteiger partial charge is 0.340 e. The third kappa shape index (κ3) is 1.91. The molecule has 0 saturated carbocycles. The van der Waals surface area contributed by atoms with E-state index >= 15 is 0 Å². The van der Waals surface area contributed by atoms with Crippen LogP contribution in [-0.4, -0.2) is 15.7 Å². The predicted octanol–water partition coefficient (Wildman–Crippen LogP) is 2.38. The molecule has 0 atom stereocenters. The summed E-state index contributed by atoms with van der Waals surface area (Å²) in [7, 11) is 0. The minimum atomic E-state index is -0.583. The molecule has 1 aromatic carbocycles. The topological polar surface area (TPSA) is 64.2 Å². The van der Waals surface area contributed by atoms with Crippen molar-refractivity contribution in [3.05, 3.63) is 60.9 Å². The summed E-state index contributed by atoms with van der Waals surface area (Å²) in [5.41, 5.74) is 6.37. The molecule has 3 aromatic rings. The van der Waals surface area contributed by atoms with E-state index in [1.807, 2.05) is 36.4 Å². The Morgan fingerprint density at radius 2 is 1.89 bits per heavy atom. The molecule has 0 radical (unpaired) electrons. The van der Waals surface area contributed by atoms with Crippen LogP contribution in [0, 0.1) is 0 Å². The van der Waals surface area contributed by atoms with Gasteiger partial charge in [0.1, 0.15) is 0 Å². The fourth-order valence-corrected chi connectivity index (χ4v) is 2.05. The molecule has 0 unspecified atom stereocenters. The average molecular weight is 252 g/mol. The molecule has 2 N–H and O–H groups in total. The molecule has 2 amide bonds. The number of carbonyl (C=O) groups excluding carboxylic acids is 1. The first kappa shape index (κ1) is 11.3. The van der Waals surface area contributed by atoms with E-state index in [9.17, 15) is 4.79 Å². The van der Waals surface area contributed by atoms with Crippen molar-refractivity contribution in [1.82, 2.24) is 9.66 Å². The maximum Gasteiger partial charge on any atom is 0.340 e. The second kappa shape index (κ2) is 4.45. The zero-order valence-corrected chi connectivity index (χ0v) is 10.1. The monoisotopic (exact) mass is 252 g/mol. The van der Waals surface area contributed by atoms with E-state index in [-0.39, 0.29) is 0 Å². The van der Waals surface area contributed by atoms with Gasteiger partial charge in [-0.25, -0.2) is 9.78 Å². The Kier molecular flexibility index (Phi) is 2.64. The molecule has 0 bridgehead atoms. The van der Waals surface area contributed by atoms with Crippen LogP contribution in [0.25, 0.3) is 10.9 Å². The zero-order chi connectivity index (χ0) is 13.2. The number of nitrogens with zero attached hydrogens (tertiary/aromatic N) is 3. The molecule has 0 aliphatic heterocycles. The van der Waals surface area contributed by atoms with E-state index in [0.717, 1.165) is 10.9 Å². The number of nitrogens with two attached hydrogens (primary N) is 1. The number of anilines is 1. The highest BCUT2D eigenvalue weighted by atomic mass is 16.2. The summed E-state index contributed by atoms with van der Waals surface area (Å²) in [5.74, 6) is 0.483. The van der Waals surface area contributed by atoms with Crippen LogP contribution in [0.2, 0.25) is 0 Å². The molecule has 0 spiro atoms. The Morgan fingerprint density at radius 1 is 1.11 bits per heavy atom. The molecule has 0 fully saturated rings. The second-order valence-corrected chi connectivity index (χ2v) is 4.06. The van der Waals surface area contributed by atoms with Crippen LogP contribution in [0.5, 0.6) is 0 Å². The standard InChI is InChI=1S/C14H12N4O/c15-14(19)18(13-7-3-4-9-16-13)17-10-8-11-5-1-2-6-12(11)17/h1-10H,(H2,15,19). The lowest BCUT2D eigenvalue weighted by Gasteiger charge is -2.21. The minimum absolute atomic E-state index is 0.483. The molecule has 94 valence electrons. The maximum atomic E-state index is 11.7. The van der Waals surface area contributed by atoms with Crippen LogP contribution >= 0.6 is 0 Å². The summed E-state index contributed by atoms with van der Waals surface area (Å²) in [6, 6.07) is 14.4. The molecular weight excluding hydrogens is 240 g/mol. The summed E-state index contributed by atoms with van der Waals surface area (Å²) in [5, 5.41) is 2.37. The van der Waals surface area contributed by atoms with Crippen LogP contribution in [-0.2, 0) is 0 Å². The first-order valence-electron chi connectivity index (χ1n) is 5.84. The van der Waals surface area contributed by atoms with Crippen molar-refractivity contribution in [2.45, 2.75) is 0 Å². The van der Waals surface area contributed by atoms with Gasteiger partial charge in [0.05, 0.1) is 5.52 Å². The van der Waals surface area contributed by atoms with Crippen molar-refractivity contribution >= 4 is 22.8 Å². The lowest BCUT2D eigenvalue weighted by atomic mass is 10.3. The third-order valence-electron chi connectivity index (χ3n) is 2.87. The van der Waals surface area contributed by atoms with E-state index in [1.54, 1.807) is 29.2 Å². The molecule has 5 nitrogen and oxygen atoms in total. The fraction of sp³-hybridized carbons (Fsp3) is 0. The number of rotatable bonds is 2. The summed E-state index contributed by atoms with van der Waals surface area (Å²) < 4.78 is 1.69. The Labute approximate surface area is 109 Å². The highest BCUT2D eigenvalue weighted by Crippen LogP contribution is 2.19. The van der Waals surface area contributed by atoms with Gasteiger partial charge in [-0.2, -0.15) is 5.01 Å². The van der Waals surface area contributed by atoms with Crippen molar-refractivity contribution < 1.29 is 4.79 Å². The van der Waals surface area contributed by atoms with Gasteiger partial charge in [0.15, 0.2) is 5.82 Å². The SMILES string of the molecule is NC(=O)N(c1ccccn1)n1ccc2ccccc21. The summed E-state index contributed by atoms with van der Waals surface area (Å²) in [6.45, 7) is 0. The van der Waals surface area contributed by atoms with Gasteiger partial charge in [0.2, 0.25) is 0 Å². The third-order valence-corrected chi connectivity index (χ3v) is 2.87. The molecule has 3 rings (SSSR count). The van der Waals surface area contributed by atoms with Gasteiger partial charge in [-0.15, -0.1) is 0 Å². The van der Waals surface area contributed by atoms with Crippen molar-refractivity contribution in [3.63, 3.8) is 0 Å². The lowest BCUT2D eigenvalue weighted by Crippen LogP contribution is -2.40. The maximum absolute atomic E-state index is 11.7. The fourth-order valence-electron chi connectivity index (χ4n) is 2.05. The number of benzene rings is 1. The summed E-state index contributed by atoms with van der Waals surface area (Å²) >= 11 is 0. The van der Waals surface area contributed by atoms with Crippen molar-refractivity contribution in [2.24, 2.45) is 5.73 Å². The quantitative estimate of drug-likeness (QED) is 0.761. The van der Waals surface area contributed by atoms with Crippen LogP contribution in [0.15, 0.2) is 60.9 Å². The predicted molar refractivity (Wildman–Crippen MR) is 73.6 cm³/mol. The van der Waals surface area contributed by atoms with Crippen LogP contribution in [0.1, 0.15) is 0 Å². The number of pyridine rings is 1. The van der Waals surface area contributed by atoms with E-state index in [4.69, 9.17) is 5.73 Å². The number of fused-ring (bicyclic) bond motifs is 1. The zero-order valence-electron chi connectivity index (χ0n) is 10.1. The van der Waals surface area contributed by atoms with Gasteiger partial charge in [0.25, 0.3) is 0 Å². The molecule has 0 aliphatic rings. The number of aromatic nitrogens is 2. The normalized spacial score (nSPS) is 10.5. The Balaban J connectivity index is 2.18. The summed E-state index contributed by atoms with van der Waals surface area (Å²) in [4.78, 5) is 15.9. The van der Waals surface area contributed by atoms with E-state index in [1.165, 1.54) is 5.01 Å². The van der Waals surface area contributed by atoms with Gasteiger partial charge in [-0.1, -0.05) is 24.3 Å². The van der Waals surface area contributed by atoms with Crippen molar-refractivity contribution in [2.75, 3.05) is 5.01 Å². The number of para-hydroxylation sites is 1. The largest absolute Gasteiger partial charge is 0.350 e. The van der Waals surface area contributed by atoms with Crippen molar-refractivity contribution in [1.29, 1.82) is 0 Å². The van der Waals surface area contributed by atoms with Gasteiger partial charge < -0.3 is 5.73 Å². The number of primary amides is 1. The van der Waals surface area contributed by atoms with Gasteiger partial charge in [-0.3, -0.25) is 4.68 Å². The number of amides is 2.